The van der Waals surface area contributed by atoms with Gasteiger partial charge in [0.25, 0.3) is 0 Å². The van der Waals surface area contributed by atoms with E-state index in [0.29, 0.717) is 6.42 Å². The van der Waals surface area contributed by atoms with Gasteiger partial charge >= 0.3 is 17.9 Å². The van der Waals surface area contributed by atoms with E-state index in [1.165, 1.54) is 25.3 Å². The third kappa shape index (κ3) is 7.93. The molecule has 0 aromatic heterocycles. The molecule has 1 saturated heterocycles. The Morgan fingerprint density at radius 3 is 2.30 bits per heavy atom. The van der Waals surface area contributed by atoms with E-state index in [2.05, 4.69) is 11.7 Å². The maximum Gasteiger partial charge on any atom is 0.403 e. The molecule has 0 aliphatic carbocycles. The number of allylic oxidation sites excluding steroid dienone is 1. The zero-order valence-electron chi connectivity index (χ0n) is 17.2. The highest BCUT2D eigenvalue weighted by atomic mass is 16.9. The van der Waals surface area contributed by atoms with Crippen molar-refractivity contribution in [3.63, 3.8) is 0 Å². The zero-order chi connectivity index (χ0) is 22.7. The highest BCUT2D eigenvalue weighted by Crippen LogP contribution is 2.28. The Kier molecular flexibility index (Phi) is 11.5. The molecule has 10 nitrogen and oxygen atoms in total. The Balaban J connectivity index is 2.68. The van der Waals surface area contributed by atoms with Crippen molar-refractivity contribution in [3.8, 4) is 0 Å². The molecule has 0 bridgehead atoms. The summed E-state index contributed by atoms with van der Waals surface area (Å²) in [6.45, 7) is 1.19. The molecule has 174 valence electrons. The second-order valence-electron chi connectivity index (χ2n) is 7.50. The van der Waals surface area contributed by atoms with Crippen LogP contribution in [0.3, 0.4) is 0 Å². The van der Waals surface area contributed by atoms with E-state index in [-0.39, 0.29) is 0 Å². The first-order chi connectivity index (χ1) is 14.2. The molecule has 10 heteroatoms. The lowest BCUT2D eigenvalue weighted by Crippen LogP contribution is -2.59. The highest BCUT2D eigenvalue weighted by Gasteiger charge is 2.53. The lowest BCUT2D eigenvalue weighted by Gasteiger charge is -2.34. The quantitative estimate of drug-likeness (QED) is 0.126. The van der Waals surface area contributed by atoms with Gasteiger partial charge in [-0.3, -0.25) is 9.59 Å². The molecule has 0 radical (unpaired) electrons. The molecule has 0 aromatic carbocycles. The number of cyclic esters (lactones) is 2. The van der Waals surface area contributed by atoms with E-state index < -0.39 is 61.3 Å². The molecule has 1 fully saturated rings. The minimum atomic E-state index is -3.26. The van der Waals surface area contributed by atoms with Crippen LogP contribution >= 0.6 is 0 Å². The summed E-state index contributed by atoms with van der Waals surface area (Å²) in [5.41, 5.74) is 0. The molecule has 1 aliphatic heterocycles. The molecule has 6 N–H and O–H groups in total. The van der Waals surface area contributed by atoms with Gasteiger partial charge in [-0.1, -0.05) is 51.2 Å². The van der Waals surface area contributed by atoms with Gasteiger partial charge in [0.2, 0.25) is 0 Å². The van der Waals surface area contributed by atoms with Crippen LogP contribution in [0.5, 0.6) is 0 Å². The summed E-state index contributed by atoms with van der Waals surface area (Å²) in [4.78, 5) is 24.3. The van der Waals surface area contributed by atoms with Crippen LogP contribution in [0.25, 0.3) is 0 Å². The molecular formula is C20H34O10. The molecule has 1 rings (SSSR count). The number of esters is 2. The van der Waals surface area contributed by atoms with Gasteiger partial charge in [0, 0.05) is 0 Å². The minimum Gasteiger partial charge on any atom is -0.396 e. The largest absolute Gasteiger partial charge is 0.403 e. The average molecular weight is 434 g/mol. The molecule has 2 unspecified atom stereocenters. The number of aliphatic hydroxyl groups excluding tert-OH is 5. The fourth-order valence-electron chi connectivity index (χ4n) is 3.02. The Morgan fingerprint density at radius 2 is 1.67 bits per heavy atom. The lowest BCUT2D eigenvalue weighted by molar-refractivity contribution is -0.372. The molecule has 1 aliphatic rings. The van der Waals surface area contributed by atoms with E-state index in [1.54, 1.807) is 6.08 Å². The van der Waals surface area contributed by atoms with Gasteiger partial charge in [-0.15, -0.1) is 0 Å². The summed E-state index contributed by atoms with van der Waals surface area (Å²) < 4.78 is 9.31. The van der Waals surface area contributed by atoms with E-state index in [9.17, 15) is 35.1 Å². The fraction of sp³-hybridized carbons (Fsp3) is 0.800. The van der Waals surface area contributed by atoms with E-state index in [4.69, 9.17) is 9.84 Å². The van der Waals surface area contributed by atoms with Crippen molar-refractivity contribution in [2.24, 2.45) is 5.92 Å². The summed E-state index contributed by atoms with van der Waals surface area (Å²) in [6.07, 6.45) is 1.34. The van der Waals surface area contributed by atoms with Crippen molar-refractivity contribution in [2.75, 3.05) is 6.61 Å². The van der Waals surface area contributed by atoms with Gasteiger partial charge in [0.15, 0.2) is 6.10 Å². The van der Waals surface area contributed by atoms with Gasteiger partial charge in [-0.25, -0.2) is 0 Å². The van der Waals surface area contributed by atoms with Crippen molar-refractivity contribution in [1.82, 2.24) is 0 Å². The van der Waals surface area contributed by atoms with Crippen LogP contribution in [0.2, 0.25) is 0 Å². The number of rotatable bonds is 13. The first-order valence-corrected chi connectivity index (χ1v) is 10.3. The predicted octanol–water partition coefficient (Wildman–Crippen LogP) is -0.519. The van der Waals surface area contributed by atoms with Crippen LogP contribution in [0.1, 0.15) is 58.3 Å². The van der Waals surface area contributed by atoms with Crippen molar-refractivity contribution < 1.29 is 49.7 Å². The van der Waals surface area contributed by atoms with E-state index in [0.717, 1.165) is 19.3 Å². The molecular weight excluding hydrogens is 400 g/mol. The number of aliphatic hydroxyl groups is 6. The van der Waals surface area contributed by atoms with Gasteiger partial charge in [0.05, 0.1) is 18.9 Å². The highest BCUT2D eigenvalue weighted by molar-refractivity contribution is 5.83. The number of hydrogen-bond acceptors (Lipinski definition) is 10. The topological polar surface area (TPSA) is 174 Å². The van der Waals surface area contributed by atoms with Crippen LogP contribution in [0.4, 0.5) is 0 Å². The van der Waals surface area contributed by atoms with Crippen molar-refractivity contribution in [1.29, 1.82) is 0 Å². The van der Waals surface area contributed by atoms with E-state index in [1.807, 2.05) is 0 Å². The van der Waals surface area contributed by atoms with Crippen LogP contribution in [0.15, 0.2) is 12.2 Å². The lowest BCUT2D eigenvalue weighted by atomic mass is 10.0. The third-order valence-corrected chi connectivity index (χ3v) is 4.92. The second-order valence-corrected chi connectivity index (χ2v) is 7.50. The van der Waals surface area contributed by atoms with Crippen molar-refractivity contribution in [3.05, 3.63) is 12.2 Å². The predicted molar refractivity (Wildman–Crippen MR) is 103 cm³/mol. The molecule has 0 saturated carbocycles. The van der Waals surface area contributed by atoms with Gasteiger partial charge in [0.1, 0.15) is 18.3 Å². The Labute approximate surface area is 175 Å². The molecule has 30 heavy (non-hydrogen) atoms. The normalized spacial score (nSPS) is 26.6. The van der Waals surface area contributed by atoms with E-state index >= 15 is 0 Å². The Hall–Kier alpha value is -1.56. The number of carbonyl (C=O) groups is 2. The average Bonchev–Trinajstić information content (AvgIpc) is 2.82. The monoisotopic (exact) mass is 434 g/mol. The first-order valence-electron chi connectivity index (χ1n) is 10.3. The third-order valence-electron chi connectivity index (χ3n) is 4.92. The van der Waals surface area contributed by atoms with Crippen LogP contribution in [-0.2, 0) is 19.1 Å². The molecule has 1 heterocycles. The zero-order valence-corrected chi connectivity index (χ0v) is 17.2. The van der Waals surface area contributed by atoms with Crippen LogP contribution in [0, 0.1) is 5.92 Å². The summed E-state index contributed by atoms with van der Waals surface area (Å²) in [6, 6.07) is 0. The van der Waals surface area contributed by atoms with Crippen molar-refractivity contribution >= 4 is 11.9 Å². The smallest absolute Gasteiger partial charge is 0.396 e. The minimum absolute atomic E-state index is 0.446. The number of ether oxygens (including phenoxy) is 2. The maximum atomic E-state index is 12.3. The summed E-state index contributed by atoms with van der Waals surface area (Å²) in [5, 5.41) is 58.1. The van der Waals surface area contributed by atoms with Gasteiger partial charge in [-0.2, -0.15) is 0 Å². The number of unbranched alkanes of at least 4 members (excludes halogenated alkanes) is 6. The molecule has 0 amide bonds. The van der Waals surface area contributed by atoms with Crippen LogP contribution < -0.4 is 0 Å². The van der Waals surface area contributed by atoms with Gasteiger partial charge < -0.3 is 40.1 Å². The first kappa shape index (κ1) is 26.5. The Morgan fingerprint density at radius 1 is 1.03 bits per heavy atom. The standard InChI is InChI=1S/C20H34O10/c1-2-3-4-5-6-7-8-9-10-13-11-15(23)29-20(28,30-19(13)27)18(26)17(25)16(24)14(22)12-21/h9-10,13-14,16-18,21-22,24-26,28H,2-8,11-12H2,1H3/b10-9+/t13?,14-,16+,17+,18+,20?/m0/s1. The van der Waals surface area contributed by atoms with Gasteiger partial charge in [-0.05, 0) is 12.8 Å². The fourth-order valence-corrected chi connectivity index (χ4v) is 3.02. The Bertz CT molecular complexity index is 566. The summed E-state index contributed by atoms with van der Waals surface area (Å²) >= 11 is 0. The SMILES string of the molecule is CCCCCCCC/C=C/C1CC(=O)OC(O)([C@H](O)[C@H](O)[C@H](O)[C@@H](O)CO)OC1=O. The molecule has 0 aromatic rings. The van der Waals surface area contributed by atoms with Crippen LogP contribution in [-0.4, -0.2) is 79.6 Å². The summed E-state index contributed by atoms with van der Waals surface area (Å²) in [7, 11) is 0. The second kappa shape index (κ2) is 13.0. The van der Waals surface area contributed by atoms with Crippen molar-refractivity contribution in [2.45, 2.75) is 88.7 Å². The molecule has 6 atom stereocenters. The number of hydrogen-bond donors (Lipinski definition) is 6. The maximum absolute atomic E-state index is 12.3. The number of carbonyl (C=O) groups excluding carboxylic acids is 2. The summed E-state index contributed by atoms with van der Waals surface area (Å²) in [5.74, 6) is -6.44. The molecule has 0 spiro atoms.